The second-order valence-corrected chi connectivity index (χ2v) is 8.66. The third-order valence-corrected chi connectivity index (χ3v) is 5.73. The van der Waals surface area contributed by atoms with Gasteiger partial charge in [0.1, 0.15) is 9.07 Å². The van der Waals surface area contributed by atoms with Crippen molar-refractivity contribution in [3.63, 3.8) is 0 Å². The Morgan fingerprint density at radius 1 is 1.55 bits per heavy atom. The minimum Gasteiger partial charge on any atom is -0.622 e. The minimum atomic E-state index is -0.228. The zero-order valence-corrected chi connectivity index (χ0v) is 14.5. The Morgan fingerprint density at radius 2 is 2.30 bits per heavy atom. The van der Waals surface area contributed by atoms with Gasteiger partial charge in [-0.25, -0.2) is 0 Å². The molecule has 6 heteroatoms. The molecule has 1 aliphatic heterocycles. The molecule has 1 aromatic heterocycles. The molecule has 0 aromatic carbocycles. The Labute approximate surface area is 134 Å². The van der Waals surface area contributed by atoms with Gasteiger partial charge in [0.15, 0.2) is 6.21 Å². The lowest BCUT2D eigenvalue weighted by molar-refractivity contribution is -0.523. The van der Waals surface area contributed by atoms with Crippen LogP contribution in [-0.2, 0) is 0 Å². The van der Waals surface area contributed by atoms with Crippen LogP contribution in [-0.4, -0.2) is 37.6 Å². The summed E-state index contributed by atoms with van der Waals surface area (Å²) in [5.41, 5.74) is 0. The highest BCUT2D eigenvalue weighted by Gasteiger charge is 2.50. The molecule has 1 fully saturated rings. The fourth-order valence-corrected chi connectivity index (χ4v) is 4.92. The maximum absolute atomic E-state index is 12.6. The Bertz CT molecular complexity index is 497. The van der Waals surface area contributed by atoms with Crippen molar-refractivity contribution in [1.29, 1.82) is 0 Å². The number of hydrogen-bond acceptors (Lipinski definition) is 4. The first-order valence-electron chi connectivity index (χ1n) is 6.79. The average molecular weight is 329 g/mol. The maximum atomic E-state index is 12.6. The molecule has 0 aliphatic carbocycles. The third kappa shape index (κ3) is 3.35. The fraction of sp³-hybridized carbons (Fsp3) is 0.571. The van der Waals surface area contributed by atoms with Crippen LogP contribution in [0.2, 0.25) is 0 Å². The van der Waals surface area contributed by atoms with Crippen LogP contribution < -0.4 is 0 Å². The number of unbranched alkanes of at least 4 members (excludes halogenated alkanes) is 1. The van der Waals surface area contributed by atoms with Gasteiger partial charge in [0.25, 0.3) is 6.17 Å². The quantitative estimate of drug-likeness (QED) is 0.269. The van der Waals surface area contributed by atoms with E-state index in [2.05, 4.69) is 25.7 Å². The van der Waals surface area contributed by atoms with E-state index in [1.54, 1.807) is 29.3 Å². The van der Waals surface area contributed by atoms with Crippen LogP contribution in [0.25, 0.3) is 0 Å². The number of nitrogens with zero attached hydrogens (tertiary/aromatic N) is 2. The van der Waals surface area contributed by atoms with E-state index in [-0.39, 0.29) is 10.9 Å². The van der Waals surface area contributed by atoms with Crippen molar-refractivity contribution in [1.82, 2.24) is 4.90 Å². The molecule has 110 valence electrons. The van der Waals surface area contributed by atoms with E-state index in [9.17, 15) is 5.21 Å². The second kappa shape index (κ2) is 6.45. The van der Waals surface area contributed by atoms with Gasteiger partial charge in [0.2, 0.25) is 0 Å². The molecule has 2 heterocycles. The summed E-state index contributed by atoms with van der Waals surface area (Å²) in [5.74, 6) is 0. The first-order chi connectivity index (χ1) is 9.45. The maximum Gasteiger partial charge on any atom is 0.254 e. The zero-order chi connectivity index (χ0) is 14.8. The van der Waals surface area contributed by atoms with Crippen LogP contribution in [0.15, 0.2) is 17.5 Å². The lowest BCUT2D eigenvalue weighted by atomic mass is 10.1. The summed E-state index contributed by atoms with van der Waals surface area (Å²) in [6, 6.07) is 3.91. The smallest absolute Gasteiger partial charge is 0.254 e. The number of thioether (sulfide) groups is 1. The molecule has 1 aromatic rings. The van der Waals surface area contributed by atoms with Gasteiger partial charge in [-0.3, -0.25) is 4.90 Å². The Morgan fingerprint density at radius 3 is 2.90 bits per heavy atom. The van der Waals surface area contributed by atoms with Crippen LogP contribution >= 0.6 is 35.3 Å². The standard InChI is InChI=1S/C14H20N2OS3/c1-4-5-8-15-12(14(2,3)20-13(15)18)16(17)10-11-7-6-9-19-11/h6-7,9-10,12H,4-5,8H2,1-3H3/b16-10-/t12-/m0/s1. The van der Waals surface area contributed by atoms with Crippen molar-refractivity contribution in [2.45, 2.75) is 44.5 Å². The summed E-state index contributed by atoms with van der Waals surface area (Å²) >= 11 is 8.66. The van der Waals surface area contributed by atoms with Crippen molar-refractivity contribution in [2.75, 3.05) is 6.54 Å². The second-order valence-electron chi connectivity index (χ2n) is 5.40. The van der Waals surface area contributed by atoms with Gasteiger partial charge < -0.3 is 5.21 Å². The number of thiophene rings is 1. The van der Waals surface area contributed by atoms with Crippen LogP contribution in [0.4, 0.5) is 0 Å². The predicted octanol–water partition coefficient (Wildman–Crippen LogP) is 3.92. The van der Waals surface area contributed by atoms with E-state index in [0.29, 0.717) is 0 Å². The van der Waals surface area contributed by atoms with E-state index in [1.165, 1.54) is 0 Å². The number of thiocarbonyl (C=S) groups is 1. The molecule has 0 N–H and O–H groups in total. The largest absolute Gasteiger partial charge is 0.622 e. The lowest BCUT2D eigenvalue weighted by Gasteiger charge is -2.29. The predicted molar refractivity (Wildman–Crippen MR) is 92.8 cm³/mol. The third-order valence-electron chi connectivity index (χ3n) is 3.29. The molecule has 3 nitrogen and oxygen atoms in total. The van der Waals surface area contributed by atoms with Crippen LogP contribution in [0.5, 0.6) is 0 Å². The molecular weight excluding hydrogens is 308 g/mol. The highest BCUT2D eigenvalue weighted by molar-refractivity contribution is 8.24. The summed E-state index contributed by atoms with van der Waals surface area (Å²) in [5, 5.41) is 14.6. The van der Waals surface area contributed by atoms with Gasteiger partial charge in [-0.05, 0) is 31.7 Å². The topological polar surface area (TPSA) is 29.3 Å². The molecule has 0 bridgehead atoms. The van der Waals surface area contributed by atoms with E-state index >= 15 is 0 Å². The molecule has 0 spiro atoms. The molecule has 1 aliphatic rings. The van der Waals surface area contributed by atoms with Crippen molar-refractivity contribution >= 4 is 45.9 Å². The molecular formula is C14H20N2OS3. The number of hydrogen-bond donors (Lipinski definition) is 0. The minimum absolute atomic E-state index is 0.194. The van der Waals surface area contributed by atoms with Crippen molar-refractivity contribution < 1.29 is 4.74 Å². The molecule has 1 atom stereocenters. The van der Waals surface area contributed by atoms with Crippen molar-refractivity contribution in [3.05, 3.63) is 27.6 Å². The Kier molecular flexibility index (Phi) is 5.09. The van der Waals surface area contributed by atoms with Crippen LogP contribution in [0, 0.1) is 5.21 Å². The van der Waals surface area contributed by atoms with E-state index in [4.69, 9.17) is 12.2 Å². The summed E-state index contributed by atoms with van der Waals surface area (Å²) < 4.78 is 1.72. The zero-order valence-electron chi connectivity index (χ0n) is 12.0. The van der Waals surface area contributed by atoms with Gasteiger partial charge in [-0.1, -0.05) is 43.4 Å². The summed E-state index contributed by atoms with van der Waals surface area (Å²) in [6.45, 7) is 7.19. The van der Waals surface area contributed by atoms with Gasteiger partial charge in [-0.15, -0.1) is 11.3 Å². The first kappa shape index (κ1) is 15.8. The summed E-state index contributed by atoms with van der Waals surface area (Å²) in [4.78, 5) is 3.06. The molecule has 20 heavy (non-hydrogen) atoms. The molecule has 2 rings (SSSR count). The van der Waals surface area contributed by atoms with Gasteiger partial charge in [0, 0.05) is 6.54 Å². The fourth-order valence-electron chi connectivity index (χ4n) is 2.36. The molecule has 0 radical (unpaired) electrons. The van der Waals surface area contributed by atoms with E-state index in [0.717, 1.165) is 33.3 Å². The molecule has 0 amide bonds. The average Bonchev–Trinajstić information content (AvgIpc) is 2.92. The summed E-state index contributed by atoms with van der Waals surface area (Å²) in [6.07, 6.45) is 3.61. The summed E-state index contributed by atoms with van der Waals surface area (Å²) in [7, 11) is 0. The van der Waals surface area contributed by atoms with Gasteiger partial charge in [-0.2, -0.15) is 4.74 Å². The van der Waals surface area contributed by atoms with Crippen molar-refractivity contribution in [3.8, 4) is 0 Å². The number of hydroxylamine groups is 1. The SMILES string of the molecule is CCCCN1C(=S)SC(C)(C)[C@@H]1/[N+]([O-])=C/c1cccs1. The van der Waals surface area contributed by atoms with Crippen molar-refractivity contribution in [2.24, 2.45) is 0 Å². The first-order valence-corrected chi connectivity index (χ1v) is 8.89. The monoisotopic (exact) mass is 328 g/mol. The van der Waals surface area contributed by atoms with E-state index in [1.807, 2.05) is 17.5 Å². The van der Waals surface area contributed by atoms with Gasteiger partial charge >= 0.3 is 0 Å². The highest BCUT2D eigenvalue weighted by Crippen LogP contribution is 2.41. The molecule has 0 unspecified atom stereocenters. The normalized spacial score (nSPS) is 22.6. The van der Waals surface area contributed by atoms with E-state index < -0.39 is 0 Å². The molecule has 1 saturated heterocycles. The molecule has 0 saturated carbocycles. The Hall–Kier alpha value is -0.590. The number of rotatable bonds is 5. The van der Waals surface area contributed by atoms with Gasteiger partial charge in [0.05, 0.1) is 4.88 Å². The lowest BCUT2D eigenvalue weighted by Crippen LogP contribution is -2.48. The van der Waals surface area contributed by atoms with Crippen LogP contribution in [0.1, 0.15) is 38.5 Å². The highest BCUT2D eigenvalue weighted by atomic mass is 32.2. The van der Waals surface area contributed by atoms with Crippen LogP contribution in [0.3, 0.4) is 0 Å². The Balaban J connectivity index is 2.26.